The number of hydrogen-bond acceptors (Lipinski definition) is 2. The van der Waals surface area contributed by atoms with E-state index in [0.29, 0.717) is 11.8 Å². The lowest BCUT2D eigenvalue weighted by Gasteiger charge is -2.63. The van der Waals surface area contributed by atoms with Gasteiger partial charge in [-0.15, -0.1) is 0 Å². The first kappa shape index (κ1) is 16.4. The quantitative estimate of drug-likeness (QED) is 0.794. The molecule has 0 aromatic heterocycles. The second kappa shape index (κ2) is 4.98. The predicted octanol–water partition coefficient (Wildman–Crippen LogP) is 4.18. The Hall–Kier alpha value is -1.06. The van der Waals surface area contributed by atoms with Crippen molar-refractivity contribution in [3.05, 3.63) is 0 Å². The summed E-state index contributed by atoms with van der Waals surface area (Å²) in [4.78, 5) is 23.7. The fourth-order valence-electron chi connectivity index (χ4n) is 7.99. The number of aliphatic carboxylic acids is 2. The third-order valence-corrected chi connectivity index (χ3v) is 8.94. The van der Waals surface area contributed by atoms with Gasteiger partial charge in [-0.05, 0) is 86.9 Å². The normalized spacial score (nSPS) is 53.1. The minimum absolute atomic E-state index is 0.0714. The molecular formula is C20H30O4. The highest BCUT2D eigenvalue weighted by molar-refractivity contribution is 5.75. The van der Waals surface area contributed by atoms with Crippen LogP contribution in [0.5, 0.6) is 0 Å². The molecule has 4 aliphatic carbocycles. The van der Waals surface area contributed by atoms with Crippen LogP contribution < -0.4 is 0 Å². The number of rotatable bonds is 2. The van der Waals surface area contributed by atoms with Crippen LogP contribution in [0, 0.1) is 39.9 Å². The minimum Gasteiger partial charge on any atom is -0.481 e. The van der Waals surface area contributed by atoms with E-state index in [-0.39, 0.29) is 22.7 Å². The molecule has 2 N–H and O–H groups in total. The van der Waals surface area contributed by atoms with E-state index >= 15 is 0 Å². The molecule has 0 amide bonds. The van der Waals surface area contributed by atoms with Gasteiger partial charge in [-0.3, -0.25) is 9.59 Å². The first-order valence-electron chi connectivity index (χ1n) is 9.69. The highest BCUT2D eigenvalue weighted by atomic mass is 16.4. The van der Waals surface area contributed by atoms with Crippen molar-refractivity contribution in [1.82, 2.24) is 0 Å². The fraction of sp³-hybridized carbons (Fsp3) is 0.900. The molecule has 4 nitrogen and oxygen atoms in total. The Balaban J connectivity index is 1.71. The maximum atomic E-state index is 12.1. The van der Waals surface area contributed by atoms with Crippen molar-refractivity contribution in [1.29, 1.82) is 0 Å². The molecule has 0 aliphatic heterocycles. The first-order chi connectivity index (χ1) is 11.2. The average molecular weight is 334 g/mol. The molecular weight excluding hydrogens is 304 g/mol. The first-order valence-corrected chi connectivity index (χ1v) is 9.69. The van der Waals surface area contributed by atoms with Gasteiger partial charge in [0, 0.05) is 0 Å². The van der Waals surface area contributed by atoms with E-state index in [1.54, 1.807) is 0 Å². The average Bonchev–Trinajstić information content (AvgIpc) is 2.78. The SMILES string of the molecule is C[C@]12CCC[C@](C)(C(=O)O)[C@@H]1CC[C@@]13C[C@@H](CC[C@@H]12)[C@@H](C(=O)O)C3. The molecule has 4 saturated carbocycles. The third-order valence-electron chi connectivity index (χ3n) is 8.94. The summed E-state index contributed by atoms with van der Waals surface area (Å²) in [6.45, 7) is 4.31. The Morgan fingerprint density at radius 3 is 2.33 bits per heavy atom. The van der Waals surface area contributed by atoms with Crippen LogP contribution >= 0.6 is 0 Å². The van der Waals surface area contributed by atoms with Crippen molar-refractivity contribution in [3.63, 3.8) is 0 Å². The Morgan fingerprint density at radius 1 is 0.917 bits per heavy atom. The van der Waals surface area contributed by atoms with E-state index in [1.165, 1.54) is 0 Å². The molecule has 1 spiro atoms. The third kappa shape index (κ3) is 1.91. The standard InChI is InChI=1S/C20H30O4/c1-18-7-3-8-19(2,17(23)24)14(18)6-9-20-10-12(4-5-15(18)20)13(11-20)16(21)22/h12-15H,3-11H2,1-2H3,(H,21,22)(H,23,24)/t12-,13+,14-,15-,18+,19+,20+/m1/s1. The summed E-state index contributed by atoms with van der Waals surface area (Å²) in [5, 5.41) is 19.5. The minimum atomic E-state index is -0.627. The van der Waals surface area contributed by atoms with E-state index in [0.717, 1.165) is 57.8 Å². The summed E-state index contributed by atoms with van der Waals surface area (Å²) in [7, 11) is 0. The highest BCUT2D eigenvalue weighted by Gasteiger charge is 2.66. The van der Waals surface area contributed by atoms with Crippen LogP contribution in [-0.4, -0.2) is 22.2 Å². The summed E-state index contributed by atoms with van der Waals surface area (Å²) in [6.07, 6.45) is 8.96. The monoisotopic (exact) mass is 334 g/mol. The number of carbonyl (C=O) groups is 2. The summed E-state index contributed by atoms with van der Waals surface area (Å²) >= 11 is 0. The summed E-state index contributed by atoms with van der Waals surface area (Å²) in [6, 6.07) is 0. The lowest BCUT2D eigenvalue weighted by atomic mass is 9.41. The number of carboxylic acid groups (broad SMARTS) is 2. The van der Waals surface area contributed by atoms with Crippen LogP contribution in [0.2, 0.25) is 0 Å². The van der Waals surface area contributed by atoms with Gasteiger partial charge in [0.25, 0.3) is 0 Å². The zero-order valence-corrected chi connectivity index (χ0v) is 14.9. The Labute approximate surface area is 144 Å². The highest BCUT2D eigenvalue weighted by Crippen LogP contribution is 2.72. The molecule has 0 aromatic rings. The molecule has 24 heavy (non-hydrogen) atoms. The predicted molar refractivity (Wildman–Crippen MR) is 89.4 cm³/mol. The lowest BCUT2D eigenvalue weighted by Crippen LogP contribution is -2.58. The number of hydrogen-bond donors (Lipinski definition) is 2. The van der Waals surface area contributed by atoms with Gasteiger partial charge >= 0.3 is 11.9 Å². The van der Waals surface area contributed by atoms with Crippen LogP contribution in [0.25, 0.3) is 0 Å². The lowest BCUT2D eigenvalue weighted by molar-refractivity contribution is -0.181. The maximum absolute atomic E-state index is 12.1. The molecule has 4 fully saturated rings. The Morgan fingerprint density at radius 2 is 1.67 bits per heavy atom. The molecule has 0 saturated heterocycles. The van der Waals surface area contributed by atoms with Gasteiger partial charge in [0.2, 0.25) is 0 Å². The van der Waals surface area contributed by atoms with E-state index in [9.17, 15) is 19.8 Å². The van der Waals surface area contributed by atoms with E-state index in [4.69, 9.17) is 0 Å². The molecule has 134 valence electrons. The van der Waals surface area contributed by atoms with Crippen molar-refractivity contribution in [2.75, 3.05) is 0 Å². The summed E-state index contributed by atoms with van der Waals surface area (Å²) in [5.74, 6) is -0.282. The molecule has 2 bridgehead atoms. The van der Waals surface area contributed by atoms with Crippen LogP contribution in [-0.2, 0) is 9.59 Å². The smallest absolute Gasteiger partial charge is 0.309 e. The Bertz CT molecular complexity index is 586. The van der Waals surface area contributed by atoms with Crippen molar-refractivity contribution in [3.8, 4) is 0 Å². The van der Waals surface area contributed by atoms with Gasteiger partial charge in [-0.25, -0.2) is 0 Å². The molecule has 4 rings (SSSR count). The van der Waals surface area contributed by atoms with Crippen molar-refractivity contribution >= 4 is 11.9 Å². The van der Waals surface area contributed by atoms with Gasteiger partial charge in [0.15, 0.2) is 0 Å². The second-order valence-corrected chi connectivity index (χ2v) is 9.78. The van der Waals surface area contributed by atoms with Crippen LogP contribution in [0.4, 0.5) is 0 Å². The van der Waals surface area contributed by atoms with Crippen LogP contribution in [0.3, 0.4) is 0 Å². The van der Waals surface area contributed by atoms with E-state index < -0.39 is 17.4 Å². The maximum Gasteiger partial charge on any atom is 0.309 e. The topological polar surface area (TPSA) is 74.6 Å². The van der Waals surface area contributed by atoms with Gasteiger partial charge in [-0.2, -0.15) is 0 Å². The number of carboxylic acids is 2. The molecule has 7 atom stereocenters. The molecule has 4 aliphatic rings. The van der Waals surface area contributed by atoms with Gasteiger partial charge in [0.05, 0.1) is 11.3 Å². The number of fused-ring (bicyclic) bond motifs is 3. The van der Waals surface area contributed by atoms with Crippen LogP contribution in [0.15, 0.2) is 0 Å². The second-order valence-electron chi connectivity index (χ2n) is 9.78. The molecule has 0 heterocycles. The van der Waals surface area contributed by atoms with E-state index in [1.807, 2.05) is 6.92 Å². The molecule has 0 aromatic carbocycles. The van der Waals surface area contributed by atoms with Crippen molar-refractivity contribution < 1.29 is 19.8 Å². The zero-order valence-electron chi connectivity index (χ0n) is 14.9. The fourth-order valence-corrected chi connectivity index (χ4v) is 7.99. The van der Waals surface area contributed by atoms with E-state index in [2.05, 4.69) is 6.92 Å². The molecule has 4 heteroatoms. The summed E-state index contributed by atoms with van der Waals surface area (Å²) < 4.78 is 0. The summed E-state index contributed by atoms with van der Waals surface area (Å²) in [5.41, 5.74) is -0.355. The van der Waals surface area contributed by atoms with Crippen LogP contribution in [0.1, 0.15) is 71.6 Å². The largest absolute Gasteiger partial charge is 0.481 e. The van der Waals surface area contributed by atoms with Gasteiger partial charge in [-0.1, -0.05) is 13.3 Å². The van der Waals surface area contributed by atoms with Crippen molar-refractivity contribution in [2.24, 2.45) is 39.9 Å². The van der Waals surface area contributed by atoms with Crippen molar-refractivity contribution in [2.45, 2.75) is 71.6 Å². The van der Waals surface area contributed by atoms with Gasteiger partial charge in [0.1, 0.15) is 0 Å². The Kier molecular flexibility index (Phi) is 3.41. The molecule has 0 unspecified atom stereocenters. The zero-order chi connectivity index (χ0) is 17.3. The molecule has 0 radical (unpaired) electrons. The van der Waals surface area contributed by atoms with Gasteiger partial charge < -0.3 is 10.2 Å².